The fourth-order valence-corrected chi connectivity index (χ4v) is 3.73. The smallest absolute Gasteiger partial charge is 0.249 e. The van der Waals surface area contributed by atoms with Gasteiger partial charge in [0, 0.05) is 24.4 Å². The van der Waals surface area contributed by atoms with Crippen LogP contribution in [0.15, 0.2) is 57.5 Å². The molecule has 0 aliphatic carbocycles. The molecule has 0 bridgehead atoms. The number of hydrogen-bond donors (Lipinski definition) is 0. The van der Waals surface area contributed by atoms with Crippen LogP contribution in [-0.4, -0.2) is 44.3 Å². The Bertz CT molecular complexity index is 1270. The van der Waals surface area contributed by atoms with E-state index in [1.165, 1.54) is 0 Å². The van der Waals surface area contributed by atoms with Crippen LogP contribution in [0.25, 0.3) is 22.8 Å². The van der Waals surface area contributed by atoms with E-state index in [1.54, 1.807) is 18.1 Å². The average Bonchev–Trinajstić information content (AvgIpc) is 3.52. The van der Waals surface area contributed by atoms with E-state index < -0.39 is 0 Å². The Labute approximate surface area is 208 Å². The van der Waals surface area contributed by atoms with E-state index in [2.05, 4.69) is 20.3 Å². The molecule has 4 aromatic rings. The highest BCUT2D eigenvalue weighted by atomic mass is 35.5. The van der Waals surface area contributed by atoms with Crippen molar-refractivity contribution in [3.63, 3.8) is 0 Å². The molecule has 0 atom stereocenters. The largest absolute Gasteiger partial charge is 0.497 e. The van der Waals surface area contributed by atoms with Gasteiger partial charge in [-0.1, -0.05) is 28.9 Å². The van der Waals surface area contributed by atoms with E-state index in [4.69, 9.17) is 25.3 Å². The minimum Gasteiger partial charge on any atom is -0.497 e. The first kappa shape index (κ1) is 24.4. The second-order valence-electron chi connectivity index (χ2n) is 8.19. The Balaban J connectivity index is 1.33. The lowest BCUT2D eigenvalue weighted by Crippen LogP contribution is -2.36. The summed E-state index contributed by atoms with van der Waals surface area (Å²) in [6.45, 7) is 4.11. The molecule has 0 unspecified atom stereocenters. The molecule has 0 fully saturated rings. The Kier molecular flexibility index (Phi) is 7.77. The van der Waals surface area contributed by atoms with Gasteiger partial charge >= 0.3 is 0 Å². The molecular formula is C25H26ClN5O4. The van der Waals surface area contributed by atoms with Crippen LogP contribution in [0.1, 0.15) is 38.5 Å². The Morgan fingerprint density at radius 2 is 1.86 bits per heavy atom. The molecular weight excluding hydrogens is 470 g/mol. The maximum absolute atomic E-state index is 12.9. The molecule has 0 spiro atoms. The number of benzene rings is 2. The molecule has 35 heavy (non-hydrogen) atoms. The number of nitrogens with zero attached hydrogens (tertiary/aromatic N) is 5. The molecule has 0 aliphatic heterocycles. The topological polar surface area (TPSA) is 107 Å². The summed E-state index contributed by atoms with van der Waals surface area (Å²) in [4.78, 5) is 19.1. The number of aromatic nitrogens is 4. The molecule has 0 aliphatic rings. The van der Waals surface area contributed by atoms with Gasteiger partial charge in [-0.05, 0) is 56.7 Å². The summed E-state index contributed by atoms with van der Waals surface area (Å²) >= 11 is 6.22. The summed E-state index contributed by atoms with van der Waals surface area (Å²) in [7, 11) is 1.61. The number of carbonyl (C=O) groups excluding carboxylic acids is 1. The van der Waals surface area contributed by atoms with E-state index in [-0.39, 0.29) is 18.5 Å². The minimum atomic E-state index is -0.0387. The third-order valence-electron chi connectivity index (χ3n) is 5.42. The molecule has 2 heterocycles. The summed E-state index contributed by atoms with van der Waals surface area (Å²) in [6, 6.07) is 14.6. The number of halogens is 1. The number of methoxy groups -OCH3 is 1. The maximum Gasteiger partial charge on any atom is 0.249 e. The molecule has 2 aromatic carbocycles. The lowest BCUT2D eigenvalue weighted by molar-refractivity contribution is -0.134. The van der Waals surface area contributed by atoms with Crippen molar-refractivity contribution in [3.05, 3.63) is 65.3 Å². The van der Waals surface area contributed by atoms with Gasteiger partial charge in [0.15, 0.2) is 0 Å². The van der Waals surface area contributed by atoms with E-state index in [0.29, 0.717) is 53.3 Å². The van der Waals surface area contributed by atoms with Crippen LogP contribution in [0.4, 0.5) is 0 Å². The fraction of sp³-hybridized carbons (Fsp3) is 0.320. The number of carbonyl (C=O) groups is 1. The summed E-state index contributed by atoms with van der Waals surface area (Å²) in [6.07, 6.45) is 1.39. The number of amides is 1. The summed E-state index contributed by atoms with van der Waals surface area (Å²) < 4.78 is 16.3. The second-order valence-corrected chi connectivity index (χ2v) is 8.60. The molecule has 10 heteroatoms. The Morgan fingerprint density at radius 1 is 1.09 bits per heavy atom. The van der Waals surface area contributed by atoms with Crippen molar-refractivity contribution in [2.24, 2.45) is 0 Å². The highest BCUT2D eigenvalue weighted by Crippen LogP contribution is 2.27. The zero-order chi connectivity index (χ0) is 24.8. The van der Waals surface area contributed by atoms with Gasteiger partial charge in [0.2, 0.25) is 29.4 Å². The summed E-state index contributed by atoms with van der Waals surface area (Å²) in [5.74, 6) is 2.40. The maximum atomic E-state index is 12.9. The third-order valence-corrected chi connectivity index (χ3v) is 5.75. The van der Waals surface area contributed by atoms with Gasteiger partial charge in [0.25, 0.3) is 0 Å². The molecule has 0 radical (unpaired) electrons. The van der Waals surface area contributed by atoms with Crippen molar-refractivity contribution in [2.45, 2.75) is 45.7 Å². The first-order chi connectivity index (χ1) is 16.9. The van der Waals surface area contributed by atoms with Gasteiger partial charge in [-0.3, -0.25) is 4.79 Å². The Hall–Kier alpha value is -3.72. The zero-order valence-corrected chi connectivity index (χ0v) is 20.5. The van der Waals surface area contributed by atoms with Gasteiger partial charge in [0.1, 0.15) is 5.75 Å². The van der Waals surface area contributed by atoms with E-state index in [9.17, 15) is 4.79 Å². The minimum absolute atomic E-state index is 0.0209. The molecule has 1 amide bonds. The van der Waals surface area contributed by atoms with Crippen molar-refractivity contribution >= 4 is 17.5 Å². The van der Waals surface area contributed by atoms with Crippen molar-refractivity contribution in [1.82, 2.24) is 25.2 Å². The molecule has 4 rings (SSSR count). The van der Waals surface area contributed by atoms with Crippen LogP contribution in [0, 0.1) is 0 Å². The van der Waals surface area contributed by atoms with Crippen molar-refractivity contribution < 1.29 is 18.5 Å². The van der Waals surface area contributed by atoms with Gasteiger partial charge in [-0.25, -0.2) is 0 Å². The number of aryl methyl sites for hydroxylation is 1. The first-order valence-electron chi connectivity index (χ1n) is 11.3. The van der Waals surface area contributed by atoms with Crippen molar-refractivity contribution in [3.8, 4) is 28.6 Å². The molecule has 182 valence electrons. The number of ether oxygens (including phenoxy) is 1. The number of hydrogen-bond acceptors (Lipinski definition) is 8. The van der Waals surface area contributed by atoms with Crippen LogP contribution in [0.5, 0.6) is 5.75 Å². The van der Waals surface area contributed by atoms with Crippen LogP contribution in [0.3, 0.4) is 0 Å². The van der Waals surface area contributed by atoms with E-state index in [1.807, 2.05) is 56.3 Å². The summed E-state index contributed by atoms with van der Waals surface area (Å²) in [5.41, 5.74) is 1.49. The molecule has 0 saturated carbocycles. The van der Waals surface area contributed by atoms with Crippen molar-refractivity contribution in [1.29, 1.82) is 0 Å². The van der Waals surface area contributed by atoms with E-state index >= 15 is 0 Å². The normalized spacial score (nSPS) is 11.1. The molecule has 0 saturated heterocycles. The van der Waals surface area contributed by atoms with Gasteiger partial charge in [-0.2, -0.15) is 4.98 Å². The quantitative estimate of drug-likeness (QED) is 0.295. The Morgan fingerprint density at radius 3 is 2.57 bits per heavy atom. The lowest BCUT2D eigenvalue weighted by Gasteiger charge is -2.25. The monoisotopic (exact) mass is 495 g/mol. The van der Waals surface area contributed by atoms with Gasteiger partial charge in [-0.15, -0.1) is 10.2 Å². The highest BCUT2D eigenvalue weighted by Gasteiger charge is 2.21. The average molecular weight is 496 g/mol. The second kappa shape index (κ2) is 11.1. The molecule has 0 N–H and O–H groups in total. The lowest BCUT2D eigenvalue weighted by atomic mass is 10.2. The SMILES string of the molecule is COc1ccc(-c2noc(CCCC(=O)N(Cc3nnc(-c4ccccc4Cl)o3)C(C)C)n2)cc1. The van der Waals surface area contributed by atoms with Crippen LogP contribution in [0.2, 0.25) is 5.02 Å². The van der Waals surface area contributed by atoms with Crippen LogP contribution >= 0.6 is 11.6 Å². The third kappa shape index (κ3) is 6.05. The van der Waals surface area contributed by atoms with E-state index in [0.717, 1.165) is 11.3 Å². The van der Waals surface area contributed by atoms with Crippen LogP contribution < -0.4 is 4.74 Å². The van der Waals surface area contributed by atoms with Gasteiger partial charge < -0.3 is 18.6 Å². The fourth-order valence-electron chi connectivity index (χ4n) is 3.51. The van der Waals surface area contributed by atoms with Gasteiger partial charge in [0.05, 0.1) is 24.2 Å². The predicted molar refractivity (Wildman–Crippen MR) is 130 cm³/mol. The predicted octanol–water partition coefficient (Wildman–Crippen LogP) is 5.21. The number of rotatable bonds is 10. The van der Waals surface area contributed by atoms with Crippen LogP contribution in [-0.2, 0) is 17.8 Å². The first-order valence-corrected chi connectivity index (χ1v) is 11.7. The summed E-state index contributed by atoms with van der Waals surface area (Å²) in [5, 5.41) is 12.7. The highest BCUT2D eigenvalue weighted by molar-refractivity contribution is 6.33. The molecule has 9 nitrogen and oxygen atoms in total. The van der Waals surface area contributed by atoms with Crippen molar-refractivity contribution in [2.75, 3.05) is 7.11 Å². The standard InChI is InChI=1S/C25H26ClN5O4/c1-16(2)31(15-22-28-29-25(34-22)19-7-4-5-8-20(19)26)23(32)10-6-9-21-27-24(30-35-21)17-11-13-18(33-3)14-12-17/h4-5,7-8,11-14,16H,6,9-10,15H2,1-3H3. The molecule has 2 aromatic heterocycles. The zero-order valence-electron chi connectivity index (χ0n) is 19.8.